The lowest BCUT2D eigenvalue weighted by Crippen LogP contribution is -2.32. The summed E-state index contributed by atoms with van der Waals surface area (Å²) in [5, 5.41) is 18.9. The first kappa shape index (κ1) is 21.2. The van der Waals surface area contributed by atoms with Crippen molar-refractivity contribution in [2.75, 3.05) is 19.7 Å². The van der Waals surface area contributed by atoms with Crippen LogP contribution in [-0.2, 0) is 9.53 Å². The first-order valence-corrected chi connectivity index (χ1v) is 8.03. The van der Waals surface area contributed by atoms with Crippen molar-refractivity contribution in [2.45, 2.75) is 52.2 Å². The van der Waals surface area contributed by atoms with Crippen molar-refractivity contribution in [2.24, 2.45) is 0 Å². The standard InChI is InChI=1S/C18H29NO4/c1-5-7-8-12-23-18(22)17(6-2)10-9-11-19(13-15(3)20)14-16(4)21/h2,9-11,15-16,20-21H,5,7-8,12-14H2,1,3-4H3. The number of ether oxygens (including phenoxy) is 1. The number of rotatable bonds is 11. The number of hydrogen-bond acceptors (Lipinski definition) is 5. The molecule has 0 radical (unpaired) electrons. The number of aliphatic hydroxyl groups is 2. The minimum atomic E-state index is -0.530. The number of nitrogens with zero attached hydrogens (tertiary/aromatic N) is 1. The Morgan fingerprint density at radius 1 is 1.26 bits per heavy atom. The fourth-order valence-electron chi connectivity index (χ4n) is 1.91. The molecule has 0 saturated heterocycles. The smallest absolute Gasteiger partial charge is 0.346 e. The van der Waals surface area contributed by atoms with Crippen LogP contribution >= 0.6 is 0 Å². The van der Waals surface area contributed by atoms with Crippen molar-refractivity contribution in [3.8, 4) is 12.3 Å². The van der Waals surface area contributed by atoms with Crippen molar-refractivity contribution in [3.05, 3.63) is 23.9 Å². The predicted octanol–water partition coefficient (Wildman–Crippen LogP) is 1.86. The van der Waals surface area contributed by atoms with E-state index in [1.54, 1.807) is 31.0 Å². The second kappa shape index (κ2) is 12.7. The first-order valence-electron chi connectivity index (χ1n) is 8.03. The molecule has 0 aromatic heterocycles. The zero-order valence-electron chi connectivity index (χ0n) is 14.4. The second-order valence-electron chi connectivity index (χ2n) is 5.56. The van der Waals surface area contributed by atoms with Gasteiger partial charge in [0.25, 0.3) is 0 Å². The van der Waals surface area contributed by atoms with Gasteiger partial charge in [0, 0.05) is 13.1 Å². The summed E-state index contributed by atoms with van der Waals surface area (Å²) in [7, 11) is 0. The molecule has 2 atom stereocenters. The van der Waals surface area contributed by atoms with Gasteiger partial charge in [-0.05, 0) is 38.6 Å². The van der Waals surface area contributed by atoms with Crippen molar-refractivity contribution in [1.29, 1.82) is 0 Å². The zero-order chi connectivity index (χ0) is 17.7. The molecule has 0 aromatic rings. The van der Waals surface area contributed by atoms with Gasteiger partial charge in [-0.3, -0.25) is 0 Å². The highest BCUT2D eigenvalue weighted by atomic mass is 16.5. The Balaban J connectivity index is 4.63. The maximum absolute atomic E-state index is 11.8. The van der Waals surface area contributed by atoms with E-state index in [9.17, 15) is 15.0 Å². The van der Waals surface area contributed by atoms with Crippen LogP contribution in [0.5, 0.6) is 0 Å². The Labute approximate surface area is 139 Å². The Kier molecular flexibility index (Phi) is 11.8. The van der Waals surface area contributed by atoms with Gasteiger partial charge < -0.3 is 19.8 Å². The third-order valence-electron chi connectivity index (χ3n) is 2.91. The van der Waals surface area contributed by atoms with Crippen LogP contribution in [0.3, 0.4) is 0 Å². The van der Waals surface area contributed by atoms with Gasteiger partial charge in [-0.25, -0.2) is 4.79 Å². The SMILES string of the molecule is C#CC(=CC=CN(CC(C)O)CC(C)O)C(=O)OCCCCC. The van der Waals surface area contributed by atoms with E-state index in [0.717, 1.165) is 19.3 Å². The molecule has 0 aliphatic heterocycles. The second-order valence-corrected chi connectivity index (χ2v) is 5.56. The third-order valence-corrected chi connectivity index (χ3v) is 2.91. The minimum absolute atomic E-state index is 0.145. The Hall–Kier alpha value is -1.77. The van der Waals surface area contributed by atoms with Crippen molar-refractivity contribution in [3.63, 3.8) is 0 Å². The Bertz CT molecular complexity index is 423. The van der Waals surface area contributed by atoms with Crippen molar-refractivity contribution < 1.29 is 19.7 Å². The molecule has 5 heteroatoms. The number of unbranched alkanes of at least 4 members (excludes halogenated alkanes) is 2. The molecule has 0 fully saturated rings. The Morgan fingerprint density at radius 3 is 2.35 bits per heavy atom. The quantitative estimate of drug-likeness (QED) is 0.200. The molecule has 0 amide bonds. The monoisotopic (exact) mass is 323 g/mol. The van der Waals surface area contributed by atoms with E-state index in [1.807, 2.05) is 0 Å². The van der Waals surface area contributed by atoms with Gasteiger partial charge in [0.15, 0.2) is 0 Å². The van der Waals surface area contributed by atoms with Crippen LogP contribution in [-0.4, -0.2) is 53.0 Å². The summed E-state index contributed by atoms with van der Waals surface area (Å²) >= 11 is 0. The van der Waals surface area contributed by atoms with E-state index in [2.05, 4.69) is 12.8 Å². The van der Waals surface area contributed by atoms with Crippen LogP contribution in [0, 0.1) is 12.3 Å². The highest BCUT2D eigenvalue weighted by Crippen LogP contribution is 2.02. The molecule has 0 saturated carbocycles. The maximum Gasteiger partial charge on any atom is 0.346 e. The number of terminal acetylenes is 1. The van der Waals surface area contributed by atoms with E-state index in [-0.39, 0.29) is 5.57 Å². The molecule has 0 aliphatic carbocycles. The van der Waals surface area contributed by atoms with Gasteiger partial charge in [0.1, 0.15) is 5.57 Å². The van der Waals surface area contributed by atoms with E-state index in [0.29, 0.717) is 19.7 Å². The molecule has 0 bridgehead atoms. The summed E-state index contributed by atoms with van der Waals surface area (Å²) in [5.41, 5.74) is 0.145. The molecule has 0 rings (SSSR count). The van der Waals surface area contributed by atoms with Crippen molar-refractivity contribution in [1.82, 2.24) is 4.90 Å². The molecule has 0 spiro atoms. The highest BCUT2D eigenvalue weighted by molar-refractivity contribution is 5.93. The van der Waals surface area contributed by atoms with E-state index in [1.165, 1.54) is 6.08 Å². The fourth-order valence-corrected chi connectivity index (χ4v) is 1.91. The molecule has 0 aromatic carbocycles. The molecule has 0 heterocycles. The molecular weight excluding hydrogens is 294 g/mol. The van der Waals surface area contributed by atoms with E-state index < -0.39 is 18.2 Å². The molecule has 2 N–H and O–H groups in total. The lowest BCUT2D eigenvalue weighted by molar-refractivity contribution is -0.138. The fraction of sp³-hybridized carbons (Fsp3) is 0.611. The number of carbonyl (C=O) groups is 1. The van der Waals surface area contributed by atoms with Crippen LogP contribution in [0.2, 0.25) is 0 Å². The number of hydrogen-bond donors (Lipinski definition) is 2. The van der Waals surface area contributed by atoms with Crippen molar-refractivity contribution >= 4 is 5.97 Å². The van der Waals surface area contributed by atoms with Gasteiger partial charge >= 0.3 is 5.97 Å². The lowest BCUT2D eigenvalue weighted by Gasteiger charge is -2.23. The van der Waals surface area contributed by atoms with Gasteiger partial charge in [0.05, 0.1) is 18.8 Å². The van der Waals surface area contributed by atoms with Crippen LogP contribution in [0.1, 0.15) is 40.0 Å². The molecular formula is C18H29NO4. The number of esters is 1. The number of aliphatic hydroxyl groups excluding tert-OH is 2. The van der Waals surface area contributed by atoms with Crippen LogP contribution in [0.4, 0.5) is 0 Å². The summed E-state index contributed by atoms with van der Waals surface area (Å²) in [6.07, 6.45) is 12.0. The largest absolute Gasteiger partial charge is 0.462 e. The topological polar surface area (TPSA) is 70.0 Å². The Morgan fingerprint density at radius 2 is 1.87 bits per heavy atom. The van der Waals surface area contributed by atoms with Gasteiger partial charge in [-0.2, -0.15) is 0 Å². The lowest BCUT2D eigenvalue weighted by atomic mass is 10.2. The summed E-state index contributed by atoms with van der Waals surface area (Å²) < 4.78 is 5.11. The minimum Gasteiger partial charge on any atom is -0.462 e. The third kappa shape index (κ3) is 11.5. The van der Waals surface area contributed by atoms with Crippen LogP contribution in [0.15, 0.2) is 23.9 Å². The molecule has 2 unspecified atom stereocenters. The van der Waals surface area contributed by atoms with Gasteiger partial charge in [0.2, 0.25) is 0 Å². The average molecular weight is 323 g/mol. The number of carbonyl (C=O) groups excluding carboxylic acids is 1. The summed E-state index contributed by atoms with van der Waals surface area (Å²) in [4.78, 5) is 13.6. The van der Waals surface area contributed by atoms with Crippen LogP contribution < -0.4 is 0 Å². The van der Waals surface area contributed by atoms with E-state index in [4.69, 9.17) is 11.2 Å². The zero-order valence-corrected chi connectivity index (χ0v) is 14.4. The van der Waals surface area contributed by atoms with Crippen LogP contribution in [0.25, 0.3) is 0 Å². The van der Waals surface area contributed by atoms with Gasteiger partial charge in [-0.15, -0.1) is 6.42 Å². The molecule has 130 valence electrons. The normalized spacial score (nSPS) is 14.3. The molecule has 23 heavy (non-hydrogen) atoms. The van der Waals surface area contributed by atoms with Gasteiger partial charge in [-0.1, -0.05) is 25.7 Å². The molecule has 0 aliphatic rings. The molecule has 5 nitrogen and oxygen atoms in total. The van der Waals surface area contributed by atoms with E-state index >= 15 is 0 Å². The highest BCUT2D eigenvalue weighted by Gasteiger charge is 2.08. The summed E-state index contributed by atoms with van der Waals surface area (Å²) in [6.45, 7) is 6.53. The predicted molar refractivity (Wildman–Crippen MR) is 91.5 cm³/mol. The first-order chi connectivity index (χ1) is 10.9. The maximum atomic E-state index is 11.8. The summed E-state index contributed by atoms with van der Waals surface area (Å²) in [6, 6.07) is 0. The average Bonchev–Trinajstić information content (AvgIpc) is 2.46. The summed E-state index contributed by atoms with van der Waals surface area (Å²) in [5.74, 6) is 1.81. The number of allylic oxidation sites excluding steroid dienone is 2.